The number of rotatable bonds is 6. The van der Waals surface area contributed by atoms with Gasteiger partial charge in [-0.15, -0.1) is 0 Å². The summed E-state index contributed by atoms with van der Waals surface area (Å²) in [6.07, 6.45) is 0.0617. The first-order chi connectivity index (χ1) is 13.0. The highest BCUT2D eigenvalue weighted by atomic mass is 16.5. The molecule has 27 heavy (non-hydrogen) atoms. The molecule has 0 bridgehead atoms. The minimum absolute atomic E-state index is 0.0617. The Hall–Kier alpha value is -3.08. The van der Waals surface area contributed by atoms with Crippen LogP contribution in [0.25, 0.3) is 0 Å². The summed E-state index contributed by atoms with van der Waals surface area (Å²) in [5, 5.41) is 0. The fourth-order valence-electron chi connectivity index (χ4n) is 3.41. The van der Waals surface area contributed by atoms with Gasteiger partial charge in [-0.1, -0.05) is 67.2 Å². The largest absolute Gasteiger partial charge is 0.469 e. The van der Waals surface area contributed by atoms with E-state index in [1.54, 1.807) is 9.80 Å². The minimum atomic E-state index is -0.838. The fraction of sp³-hybridized carbons (Fsp3) is 0.273. The molecule has 1 fully saturated rings. The summed E-state index contributed by atoms with van der Waals surface area (Å²) >= 11 is 0. The zero-order valence-electron chi connectivity index (χ0n) is 15.7. The topological polar surface area (TPSA) is 49.9 Å². The predicted octanol–water partition coefficient (Wildman–Crippen LogP) is 3.96. The Morgan fingerprint density at radius 3 is 2.04 bits per heavy atom. The maximum Gasteiger partial charge on any atom is 0.325 e. The Morgan fingerprint density at radius 2 is 1.52 bits per heavy atom. The molecule has 0 aliphatic carbocycles. The van der Waals surface area contributed by atoms with Gasteiger partial charge in [0, 0.05) is 12.2 Å². The van der Waals surface area contributed by atoms with Crippen LogP contribution in [0.5, 0.6) is 0 Å². The van der Waals surface area contributed by atoms with E-state index in [4.69, 9.17) is 4.74 Å². The number of urea groups is 1. The molecule has 2 amide bonds. The third-order valence-electron chi connectivity index (χ3n) is 5.09. The van der Waals surface area contributed by atoms with Gasteiger partial charge in [0.1, 0.15) is 0 Å². The van der Waals surface area contributed by atoms with Crippen molar-refractivity contribution in [2.24, 2.45) is 0 Å². The zero-order chi connectivity index (χ0) is 19.4. The predicted molar refractivity (Wildman–Crippen MR) is 104 cm³/mol. The fourth-order valence-corrected chi connectivity index (χ4v) is 3.41. The molecular formula is C22H24N2O3. The number of hydrogen-bond donors (Lipinski definition) is 0. The second-order valence-corrected chi connectivity index (χ2v) is 6.90. The van der Waals surface area contributed by atoms with Gasteiger partial charge in [-0.05, 0) is 18.1 Å². The maximum absolute atomic E-state index is 13.2. The van der Waals surface area contributed by atoms with E-state index in [0.717, 1.165) is 11.1 Å². The van der Waals surface area contributed by atoms with Gasteiger partial charge in [0.05, 0.1) is 25.6 Å². The molecule has 0 N–H and O–H groups in total. The molecule has 1 saturated heterocycles. The van der Waals surface area contributed by atoms with Crippen molar-refractivity contribution in [3.05, 3.63) is 84.1 Å². The molecule has 1 unspecified atom stereocenters. The number of amides is 2. The van der Waals surface area contributed by atoms with Crippen LogP contribution >= 0.6 is 0 Å². The van der Waals surface area contributed by atoms with Crippen molar-refractivity contribution in [3.63, 3.8) is 0 Å². The van der Waals surface area contributed by atoms with Crippen molar-refractivity contribution >= 4 is 12.0 Å². The minimum Gasteiger partial charge on any atom is -0.469 e. The third kappa shape index (κ3) is 3.72. The molecule has 0 saturated carbocycles. The lowest BCUT2D eigenvalue weighted by atomic mass is 9.93. The summed E-state index contributed by atoms with van der Waals surface area (Å²) in [5.74, 6) is -0.369. The van der Waals surface area contributed by atoms with Crippen LogP contribution in [0, 0.1) is 0 Å². The first kappa shape index (κ1) is 18.7. The van der Waals surface area contributed by atoms with Crippen molar-refractivity contribution in [1.82, 2.24) is 9.80 Å². The first-order valence-electron chi connectivity index (χ1n) is 8.89. The molecule has 1 heterocycles. The number of carbonyl (C=O) groups excluding carboxylic acids is 2. The summed E-state index contributed by atoms with van der Waals surface area (Å²) in [7, 11) is 1.36. The quantitative estimate of drug-likeness (QED) is 0.729. The molecule has 0 radical (unpaired) electrons. The van der Waals surface area contributed by atoms with Crippen LogP contribution in [0.15, 0.2) is 72.9 Å². The summed E-state index contributed by atoms with van der Waals surface area (Å²) in [6, 6.07) is 19.3. The summed E-state index contributed by atoms with van der Waals surface area (Å²) in [4.78, 5) is 28.7. The Kier molecular flexibility index (Phi) is 5.31. The van der Waals surface area contributed by atoms with Gasteiger partial charge < -0.3 is 9.64 Å². The lowest BCUT2D eigenvalue weighted by Gasteiger charge is -2.33. The van der Waals surface area contributed by atoms with Crippen LogP contribution in [-0.2, 0) is 22.6 Å². The van der Waals surface area contributed by atoms with Gasteiger partial charge in [0.25, 0.3) is 0 Å². The van der Waals surface area contributed by atoms with Crippen LogP contribution < -0.4 is 0 Å². The number of methoxy groups -OCH3 is 1. The average molecular weight is 364 g/mol. The number of carbonyl (C=O) groups is 2. The number of benzene rings is 2. The first-order valence-corrected chi connectivity index (χ1v) is 8.89. The number of ether oxygens (including phenoxy) is 1. The van der Waals surface area contributed by atoms with E-state index in [1.807, 2.05) is 67.6 Å². The standard InChI is InChI=1S/C22H24N2O3/c1-17-22(2,14-20(25)27-3)24(16-19-12-8-5-9-13-19)21(26)23(17)15-18-10-6-4-7-11-18/h4-13H,1,14-16H2,2-3H3. The maximum atomic E-state index is 13.2. The highest BCUT2D eigenvalue weighted by Gasteiger charge is 2.50. The van der Waals surface area contributed by atoms with Crippen molar-refractivity contribution in [2.75, 3.05) is 7.11 Å². The highest BCUT2D eigenvalue weighted by Crippen LogP contribution is 2.40. The molecule has 3 rings (SSSR count). The number of nitrogens with zero attached hydrogens (tertiary/aromatic N) is 2. The van der Waals surface area contributed by atoms with Gasteiger partial charge in [-0.2, -0.15) is 0 Å². The Bertz CT molecular complexity index is 835. The monoisotopic (exact) mass is 364 g/mol. The third-order valence-corrected chi connectivity index (χ3v) is 5.09. The number of esters is 1. The molecule has 2 aromatic carbocycles. The van der Waals surface area contributed by atoms with Crippen LogP contribution in [0.2, 0.25) is 0 Å². The van der Waals surface area contributed by atoms with Crippen LogP contribution in [0.4, 0.5) is 4.79 Å². The zero-order valence-corrected chi connectivity index (χ0v) is 15.7. The van der Waals surface area contributed by atoms with Gasteiger partial charge in [0.2, 0.25) is 0 Å². The Labute approximate surface area is 159 Å². The van der Waals surface area contributed by atoms with Crippen molar-refractivity contribution < 1.29 is 14.3 Å². The Morgan fingerprint density at radius 1 is 1.00 bits per heavy atom. The average Bonchev–Trinajstić information content (AvgIpc) is 2.85. The van der Waals surface area contributed by atoms with Gasteiger partial charge in [-0.3, -0.25) is 9.69 Å². The van der Waals surface area contributed by atoms with E-state index >= 15 is 0 Å². The molecule has 1 atom stereocenters. The van der Waals surface area contributed by atoms with Crippen molar-refractivity contribution in [1.29, 1.82) is 0 Å². The van der Waals surface area contributed by atoms with E-state index in [9.17, 15) is 9.59 Å². The molecule has 0 aromatic heterocycles. The molecule has 2 aromatic rings. The second kappa shape index (κ2) is 7.66. The van der Waals surface area contributed by atoms with Crippen molar-refractivity contribution in [2.45, 2.75) is 32.0 Å². The van der Waals surface area contributed by atoms with E-state index in [2.05, 4.69) is 6.58 Å². The highest BCUT2D eigenvalue weighted by molar-refractivity contribution is 5.84. The van der Waals surface area contributed by atoms with Gasteiger partial charge in [0.15, 0.2) is 0 Å². The van der Waals surface area contributed by atoms with Crippen LogP contribution in [0.3, 0.4) is 0 Å². The summed E-state index contributed by atoms with van der Waals surface area (Å²) < 4.78 is 4.88. The van der Waals surface area contributed by atoms with E-state index in [1.165, 1.54) is 7.11 Å². The molecule has 1 aliphatic heterocycles. The molecule has 5 heteroatoms. The summed E-state index contributed by atoms with van der Waals surface area (Å²) in [5.41, 5.74) is 1.78. The smallest absolute Gasteiger partial charge is 0.325 e. The second-order valence-electron chi connectivity index (χ2n) is 6.90. The van der Waals surface area contributed by atoms with E-state index in [-0.39, 0.29) is 18.4 Å². The molecule has 1 aliphatic rings. The van der Waals surface area contributed by atoms with Crippen molar-refractivity contribution in [3.8, 4) is 0 Å². The van der Waals surface area contributed by atoms with Crippen LogP contribution in [0.1, 0.15) is 24.5 Å². The molecule has 0 spiro atoms. The lowest BCUT2D eigenvalue weighted by molar-refractivity contribution is -0.142. The molecular weight excluding hydrogens is 340 g/mol. The van der Waals surface area contributed by atoms with Gasteiger partial charge >= 0.3 is 12.0 Å². The van der Waals surface area contributed by atoms with E-state index in [0.29, 0.717) is 18.8 Å². The summed E-state index contributed by atoms with van der Waals surface area (Å²) in [6.45, 7) is 6.86. The molecule has 140 valence electrons. The van der Waals surface area contributed by atoms with Crippen LogP contribution in [-0.4, -0.2) is 34.4 Å². The van der Waals surface area contributed by atoms with Gasteiger partial charge in [-0.25, -0.2) is 4.79 Å². The lowest BCUT2D eigenvalue weighted by Crippen LogP contribution is -2.45. The normalized spacial score (nSPS) is 19.5. The molecule has 5 nitrogen and oxygen atoms in total. The SMILES string of the molecule is C=C1N(Cc2ccccc2)C(=O)N(Cc2ccccc2)C1(C)CC(=O)OC. The Balaban J connectivity index is 1.93. The van der Waals surface area contributed by atoms with E-state index < -0.39 is 5.54 Å². The number of hydrogen-bond acceptors (Lipinski definition) is 3.